The van der Waals surface area contributed by atoms with E-state index in [0.717, 1.165) is 50.5 Å². The molecule has 6 nitrogen and oxygen atoms in total. The van der Waals surface area contributed by atoms with Crippen LogP contribution >= 0.6 is 0 Å². The molecule has 0 atom stereocenters. The number of pyridine rings is 1. The first kappa shape index (κ1) is 18.7. The molecule has 28 heavy (non-hydrogen) atoms. The van der Waals surface area contributed by atoms with E-state index in [1.54, 1.807) is 6.20 Å². The second-order valence-corrected chi connectivity index (χ2v) is 7.85. The third-order valence-corrected chi connectivity index (χ3v) is 5.72. The summed E-state index contributed by atoms with van der Waals surface area (Å²) in [7, 11) is 2.17. The Bertz CT molecular complexity index is 776. The number of benzene rings is 1. The molecule has 6 heteroatoms. The number of anilines is 3. The van der Waals surface area contributed by atoms with Gasteiger partial charge in [-0.1, -0.05) is 12.8 Å². The van der Waals surface area contributed by atoms with Gasteiger partial charge in [-0.2, -0.15) is 0 Å². The second kappa shape index (κ2) is 8.61. The Morgan fingerprint density at radius 3 is 2.36 bits per heavy atom. The molecule has 1 saturated carbocycles. The summed E-state index contributed by atoms with van der Waals surface area (Å²) in [5, 5.41) is 6.41. The normalized spacial score (nSPS) is 18.2. The second-order valence-electron chi connectivity index (χ2n) is 7.85. The highest BCUT2D eigenvalue weighted by Crippen LogP contribution is 2.22. The Balaban J connectivity index is 1.33. The minimum absolute atomic E-state index is 0.0255. The average molecular weight is 380 g/mol. The Labute approximate surface area is 166 Å². The Morgan fingerprint density at radius 1 is 1.00 bits per heavy atom. The molecule has 2 heterocycles. The van der Waals surface area contributed by atoms with Crippen LogP contribution in [-0.4, -0.2) is 55.1 Å². The zero-order chi connectivity index (χ0) is 19.3. The van der Waals surface area contributed by atoms with Crippen LogP contribution in [0.1, 0.15) is 36.0 Å². The standard InChI is InChI=1S/C22H29N5O/c1-26-12-14-27(15-13-26)20-9-7-19(8-10-20)24-21-11-6-17(16-23-21)22(28)25-18-4-2-3-5-18/h6-11,16,18H,2-5,12-15H2,1H3,(H,23,24)(H,25,28). The third-order valence-electron chi connectivity index (χ3n) is 5.72. The molecule has 148 valence electrons. The van der Waals surface area contributed by atoms with Crippen LogP contribution in [0.4, 0.5) is 17.2 Å². The molecule has 2 aromatic rings. The Morgan fingerprint density at radius 2 is 1.71 bits per heavy atom. The Kier molecular flexibility index (Phi) is 5.76. The predicted molar refractivity (Wildman–Crippen MR) is 113 cm³/mol. The van der Waals surface area contributed by atoms with Crippen LogP contribution in [0.3, 0.4) is 0 Å². The van der Waals surface area contributed by atoms with Gasteiger partial charge in [-0.15, -0.1) is 0 Å². The Hall–Kier alpha value is -2.60. The van der Waals surface area contributed by atoms with Gasteiger partial charge in [-0.05, 0) is 56.3 Å². The van der Waals surface area contributed by atoms with E-state index in [1.165, 1.54) is 18.5 Å². The number of nitrogens with zero attached hydrogens (tertiary/aromatic N) is 3. The summed E-state index contributed by atoms with van der Waals surface area (Å²) in [6.07, 6.45) is 6.23. The molecule has 4 rings (SSSR count). The van der Waals surface area contributed by atoms with Gasteiger partial charge in [0.15, 0.2) is 0 Å². The molecule has 1 aromatic carbocycles. The highest BCUT2D eigenvalue weighted by Gasteiger charge is 2.18. The number of carbonyl (C=O) groups is 1. The molecule has 0 radical (unpaired) electrons. The fraction of sp³-hybridized carbons (Fsp3) is 0.455. The summed E-state index contributed by atoms with van der Waals surface area (Å²) in [4.78, 5) is 21.5. The van der Waals surface area contributed by atoms with E-state index in [9.17, 15) is 4.79 Å². The van der Waals surface area contributed by atoms with Gasteiger partial charge >= 0.3 is 0 Å². The zero-order valence-corrected chi connectivity index (χ0v) is 16.5. The number of carbonyl (C=O) groups excluding carboxylic acids is 1. The molecular formula is C22H29N5O. The van der Waals surface area contributed by atoms with Crippen LogP contribution < -0.4 is 15.5 Å². The molecule has 2 aliphatic rings. The number of aromatic nitrogens is 1. The van der Waals surface area contributed by atoms with Crippen molar-refractivity contribution in [3.63, 3.8) is 0 Å². The molecule has 0 spiro atoms. The number of piperazine rings is 1. The van der Waals surface area contributed by atoms with Gasteiger partial charge in [0.25, 0.3) is 5.91 Å². The lowest BCUT2D eigenvalue weighted by molar-refractivity contribution is 0.0937. The van der Waals surface area contributed by atoms with Gasteiger partial charge in [-0.25, -0.2) is 4.98 Å². The van der Waals surface area contributed by atoms with E-state index in [4.69, 9.17) is 0 Å². The van der Waals surface area contributed by atoms with Gasteiger partial charge in [0.1, 0.15) is 5.82 Å². The van der Waals surface area contributed by atoms with E-state index in [1.807, 2.05) is 12.1 Å². The van der Waals surface area contributed by atoms with E-state index < -0.39 is 0 Å². The summed E-state index contributed by atoms with van der Waals surface area (Å²) in [6.45, 7) is 4.33. The molecule has 0 unspecified atom stereocenters. The van der Waals surface area contributed by atoms with Crippen LogP contribution in [0.15, 0.2) is 42.6 Å². The summed E-state index contributed by atoms with van der Waals surface area (Å²) in [5.74, 6) is 0.715. The van der Waals surface area contributed by atoms with E-state index in [0.29, 0.717) is 11.6 Å². The minimum atomic E-state index is -0.0255. The number of hydrogen-bond donors (Lipinski definition) is 2. The summed E-state index contributed by atoms with van der Waals surface area (Å²) in [5.41, 5.74) is 2.86. The van der Waals surface area contributed by atoms with Gasteiger partial charge in [0.2, 0.25) is 0 Å². The van der Waals surface area contributed by atoms with Gasteiger partial charge < -0.3 is 20.4 Å². The summed E-state index contributed by atoms with van der Waals surface area (Å²) < 4.78 is 0. The highest BCUT2D eigenvalue weighted by molar-refractivity contribution is 5.94. The van der Waals surface area contributed by atoms with Gasteiger partial charge in [-0.3, -0.25) is 4.79 Å². The van der Waals surface area contributed by atoms with Crippen molar-refractivity contribution in [2.45, 2.75) is 31.7 Å². The lowest BCUT2D eigenvalue weighted by Crippen LogP contribution is -2.44. The van der Waals surface area contributed by atoms with Crippen molar-refractivity contribution in [3.05, 3.63) is 48.2 Å². The first-order chi connectivity index (χ1) is 13.7. The van der Waals surface area contributed by atoms with Crippen molar-refractivity contribution in [1.82, 2.24) is 15.2 Å². The van der Waals surface area contributed by atoms with Gasteiger partial charge in [0, 0.05) is 49.8 Å². The molecular weight excluding hydrogens is 350 g/mol. The van der Waals surface area contributed by atoms with Crippen molar-refractivity contribution in [2.75, 3.05) is 43.4 Å². The fourth-order valence-corrected chi connectivity index (χ4v) is 3.91. The van der Waals surface area contributed by atoms with Crippen molar-refractivity contribution >= 4 is 23.1 Å². The van der Waals surface area contributed by atoms with Crippen LogP contribution in [0.25, 0.3) is 0 Å². The first-order valence-corrected chi connectivity index (χ1v) is 10.2. The van der Waals surface area contributed by atoms with Crippen LogP contribution in [0, 0.1) is 0 Å². The van der Waals surface area contributed by atoms with E-state index in [-0.39, 0.29) is 5.91 Å². The quantitative estimate of drug-likeness (QED) is 0.835. The third kappa shape index (κ3) is 4.62. The fourth-order valence-electron chi connectivity index (χ4n) is 3.91. The molecule has 2 fully saturated rings. The molecule has 1 aliphatic carbocycles. The average Bonchev–Trinajstić information content (AvgIpc) is 3.23. The first-order valence-electron chi connectivity index (χ1n) is 10.2. The maximum atomic E-state index is 12.3. The number of rotatable bonds is 5. The van der Waals surface area contributed by atoms with Crippen molar-refractivity contribution in [2.24, 2.45) is 0 Å². The topological polar surface area (TPSA) is 60.5 Å². The van der Waals surface area contributed by atoms with E-state index >= 15 is 0 Å². The maximum absolute atomic E-state index is 12.3. The molecule has 1 amide bonds. The molecule has 0 bridgehead atoms. The van der Waals surface area contributed by atoms with Gasteiger partial charge in [0.05, 0.1) is 5.56 Å². The number of amides is 1. The monoisotopic (exact) mass is 379 g/mol. The largest absolute Gasteiger partial charge is 0.369 e. The zero-order valence-electron chi connectivity index (χ0n) is 16.5. The lowest BCUT2D eigenvalue weighted by atomic mass is 10.2. The van der Waals surface area contributed by atoms with Crippen LogP contribution in [0.5, 0.6) is 0 Å². The minimum Gasteiger partial charge on any atom is -0.369 e. The smallest absolute Gasteiger partial charge is 0.253 e. The lowest BCUT2D eigenvalue weighted by Gasteiger charge is -2.34. The number of nitrogens with one attached hydrogen (secondary N) is 2. The SMILES string of the molecule is CN1CCN(c2ccc(Nc3ccc(C(=O)NC4CCCC4)cn3)cc2)CC1. The van der Waals surface area contributed by atoms with Crippen molar-refractivity contribution in [1.29, 1.82) is 0 Å². The highest BCUT2D eigenvalue weighted by atomic mass is 16.1. The number of likely N-dealkylation sites (N-methyl/N-ethyl adjacent to an activating group) is 1. The predicted octanol–water partition coefficient (Wildman–Crippen LogP) is 3.25. The molecule has 1 aliphatic heterocycles. The van der Waals surface area contributed by atoms with E-state index in [2.05, 4.69) is 56.7 Å². The van der Waals surface area contributed by atoms with Crippen LogP contribution in [-0.2, 0) is 0 Å². The summed E-state index contributed by atoms with van der Waals surface area (Å²) in [6, 6.07) is 12.5. The molecule has 1 aromatic heterocycles. The van der Waals surface area contributed by atoms with Crippen LogP contribution in [0.2, 0.25) is 0 Å². The molecule has 2 N–H and O–H groups in total. The maximum Gasteiger partial charge on any atom is 0.253 e. The number of hydrogen-bond acceptors (Lipinski definition) is 5. The molecule has 1 saturated heterocycles. The van der Waals surface area contributed by atoms with Crippen molar-refractivity contribution in [3.8, 4) is 0 Å². The summed E-state index contributed by atoms with van der Waals surface area (Å²) >= 11 is 0. The van der Waals surface area contributed by atoms with Crippen molar-refractivity contribution < 1.29 is 4.79 Å².